The number of amides is 4. The molecule has 12 nitrogen and oxygen atoms in total. The van der Waals surface area contributed by atoms with Crippen LogP contribution in [0.2, 0.25) is 5.02 Å². The highest BCUT2D eigenvalue weighted by Gasteiger charge is 2.31. The molecule has 212 valence electrons. The molecule has 0 aliphatic carbocycles. The highest BCUT2D eigenvalue weighted by Crippen LogP contribution is 2.15. The number of carbonyl (C=O) groups excluding carboxylic acids is 4. The summed E-state index contributed by atoms with van der Waals surface area (Å²) in [6, 6.07) is 5.55. The van der Waals surface area contributed by atoms with Crippen molar-refractivity contribution in [2.45, 2.75) is 65.0 Å². The number of aliphatic hydroxyl groups is 1. The van der Waals surface area contributed by atoms with E-state index in [1.165, 1.54) is 19.9 Å². The van der Waals surface area contributed by atoms with Gasteiger partial charge < -0.3 is 30.9 Å². The van der Waals surface area contributed by atoms with Gasteiger partial charge in [-0.3, -0.25) is 24.1 Å². The topological polar surface area (TPSA) is 166 Å². The highest BCUT2D eigenvalue weighted by molar-refractivity contribution is 6.30. The minimum atomic E-state index is -1.37. The van der Waals surface area contributed by atoms with Gasteiger partial charge >= 0.3 is 0 Å². The molecule has 1 aliphatic rings. The first kappa shape index (κ1) is 30.1. The van der Waals surface area contributed by atoms with Crippen molar-refractivity contribution in [1.82, 2.24) is 31.3 Å². The van der Waals surface area contributed by atoms with Crippen LogP contribution in [0.15, 0.2) is 34.9 Å². The van der Waals surface area contributed by atoms with Crippen LogP contribution in [0.5, 0.6) is 0 Å². The zero-order valence-corrected chi connectivity index (χ0v) is 23.1. The summed E-state index contributed by atoms with van der Waals surface area (Å²) in [5.74, 6) is -2.30. The van der Waals surface area contributed by atoms with E-state index in [1.54, 1.807) is 19.9 Å². The lowest BCUT2D eigenvalue weighted by Gasteiger charge is -2.26. The van der Waals surface area contributed by atoms with Crippen LogP contribution in [0.1, 0.15) is 49.5 Å². The Kier molecular flexibility index (Phi) is 10.4. The molecule has 2 aromatic rings. The van der Waals surface area contributed by atoms with E-state index in [-0.39, 0.29) is 30.6 Å². The number of hydrogen-bond donors (Lipinski definition) is 5. The monoisotopic (exact) mass is 562 g/mol. The molecule has 0 radical (unpaired) electrons. The van der Waals surface area contributed by atoms with Crippen molar-refractivity contribution >= 4 is 35.2 Å². The fraction of sp³-hybridized carbons (Fsp3) is 0.500. The molecule has 2 bridgehead atoms. The molecular weight excluding hydrogens is 528 g/mol. The molecular formula is C26H35ClN6O6. The second kappa shape index (κ2) is 13.5. The van der Waals surface area contributed by atoms with E-state index >= 15 is 0 Å². The Hall–Kier alpha value is -3.48. The number of carbonyl (C=O) groups is 4. The molecule has 0 spiro atoms. The molecule has 4 atom stereocenters. The van der Waals surface area contributed by atoms with Crippen molar-refractivity contribution in [2.75, 3.05) is 13.1 Å². The molecule has 3 rings (SSSR count). The summed E-state index contributed by atoms with van der Waals surface area (Å²) >= 11 is 6.15. The molecule has 13 heteroatoms. The number of nitrogens with one attached hydrogen (secondary N) is 4. The van der Waals surface area contributed by atoms with Crippen molar-refractivity contribution in [3.63, 3.8) is 0 Å². The van der Waals surface area contributed by atoms with Crippen molar-refractivity contribution in [3.8, 4) is 0 Å². The molecule has 0 saturated heterocycles. The summed E-state index contributed by atoms with van der Waals surface area (Å²) in [5.41, 5.74) is 0.853. The van der Waals surface area contributed by atoms with Gasteiger partial charge in [-0.2, -0.15) is 0 Å². The predicted molar refractivity (Wildman–Crippen MR) is 142 cm³/mol. The third-order valence-corrected chi connectivity index (χ3v) is 6.48. The Morgan fingerprint density at radius 3 is 2.46 bits per heavy atom. The van der Waals surface area contributed by atoms with Crippen LogP contribution in [0.4, 0.5) is 0 Å². The standard InChI is InChI=1S/C26H35ClN6O6/c1-14(2)21-25(37)28-8-9-33(12-17-6-5-7-18(27)10-17)13-19-11-20(32-39-19)24(36)31-22(16(4)34)26(38)29-15(3)23(35)30-21/h5-7,10-11,14-16,21-22,34H,8-9,12-13H2,1-4H3,(H,28,37)(H,29,38)(H,30,35)(H,31,36)/t15-,16+,21-,22-/m0/s1. The Morgan fingerprint density at radius 1 is 1.05 bits per heavy atom. The van der Waals surface area contributed by atoms with E-state index in [9.17, 15) is 24.3 Å². The fourth-order valence-corrected chi connectivity index (χ4v) is 4.28. The van der Waals surface area contributed by atoms with Crippen LogP contribution >= 0.6 is 11.6 Å². The number of halogens is 1. The van der Waals surface area contributed by atoms with Crippen molar-refractivity contribution < 1.29 is 28.8 Å². The lowest BCUT2D eigenvalue weighted by molar-refractivity contribution is -0.133. The quantitative estimate of drug-likeness (QED) is 0.361. The normalized spacial score (nSPS) is 23.2. The SMILES string of the molecule is CC(C)[C@@H]1NC(=O)[C@H](C)NC(=O)[C@H]([C@@H](C)O)NC(=O)c2cc(on2)CN(Cc2cccc(Cl)c2)CCNC1=O. The molecule has 1 aromatic carbocycles. The van der Waals surface area contributed by atoms with Gasteiger partial charge in [-0.1, -0.05) is 42.7 Å². The molecule has 5 N–H and O–H groups in total. The number of benzene rings is 1. The number of fused-ring (bicyclic) bond motifs is 2. The maximum absolute atomic E-state index is 13.0. The first-order valence-corrected chi connectivity index (χ1v) is 13.1. The Bertz CT molecular complexity index is 1190. The van der Waals surface area contributed by atoms with E-state index < -0.39 is 42.0 Å². The zero-order valence-electron chi connectivity index (χ0n) is 22.4. The minimum absolute atomic E-state index is 0.0776. The first-order chi connectivity index (χ1) is 18.4. The molecule has 2 heterocycles. The summed E-state index contributed by atoms with van der Waals surface area (Å²) in [4.78, 5) is 53.5. The number of rotatable bonds is 4. The number of aromatic nitrogens is 1. The van der Waals surface area contributed by atoms with Crippen molar-refractivity contribution in [1.29, 1.82) is 0 Å². The molecule has 0 saturated carbocycles. The molecule has 4 amide bonds. The third kappa shape index (κ3) is 8.50. The average Bonchev–Trinajstić information content (AvgIpc) is 3.32. The summed E-state index contributed by atoms with van der Waals surface area (Å²) in [7, 11) is 0. The Labute approximate surface area is 231 Å². The van der Waals surface area contributed by atoms with Gasteiger partial charge in [0, 0.05) is 30.7 Å². The number of hydrogen-bond acceptors (Lipinski definition) is 8. The largest absolute Gasteiger partial charge is 0.391 e. The van der Waals surface area contributed by atoms with Crippen LogP contribution in [0.25, 0.3) is 0 Å². The van der Waals surface area contributed by atoms with Crippen molar-refractivity contribution in [3.05, 3.63) is 52.4 Å². The van der Waals surface area contributed by atoms with Gasteiger partial charge in [0.25, 0.3) is 5.91 Å². The summed E-state index contributed by atoms with van der Waals surface area (Å²) in [6.45, 7) is 7.77. The van der Waals surface area contributed by atoms with Crippen LogP contribution in [0, 0.1) is 5.92 Å². The van der Waals surface area contributed by atoms with Gasteiger partial charge in [0.2, 0.25) is 17.7 Å². The minimum Gasteiger partial charge on any atom is -0.391 e. The summed E-state index contributed by atoms with van der Waals surface area (Å²) < 4.78 is 5.38. The molecule has 1 aliphatic heterocycles. The first-order valence-electron chi connectivity index (χ1n) is 12.7. The molecule has 1 aromatic heterocycles. The van der Waals surface area contributed by atoms with E-state index in [2.05, 4.69) is 26.4 Å². The highest BCUT2D eigenvalue weighted by atomic mass is 35.5. The van der Waals surface area contributed by atoms with Gasteiger partial charge in [0.05, 0.1) is 12.6 Å². The Morgan fingerprint density at radius 2 is 1.79 bits per heavy atom. The number of aliphatic hydroxyl groups excluding tert-OH is 1. The fourth-order valence-electron chi connectivity index (χ4n) is 4.07. The smallest absolute Gasteiger partial charge is 0.274 e. The van der Waals surface area contributed by atoms with E-state index in [4.69, 9.17) is 16.1 Å². The van der Waals surface area contributed by atoms with Gasteiger partial charge in [-0.25, -0.2) is 0 Å². The van der Waals surface area contributed by atoms with Gasteiger partial charge in [-0.05, 0) is 37.5 Å². The second-order valence-electron chi connectivity index (χ2n) is 9.96. The number of nitrogens with zero attached hydrogens (tertiary/aromatic N) is 2. The van der Waals surface area contributed by atoms with Crippen molar-refractivity contribution in [2.24, 2.45) is 5.92 Å². The lowest BCUT2D eigenvalue weighted by atomic mass is 10.0. The maximum Gasteiger partial charge on any atom is 0.274 e. The van der Waals surface area contributed by atoms with E-state index in [0.29, 0.717) is 23.9 Å². The van der Waals surface area contributed by atoms with Crippen LogP contribution in [0.3, 0.4) is 0 Å². The summed E-state index contributed by atoms with van der Waals surface area (Å²) in [6.07, 6.45) is -1.27. The summed E-state index contributed by atoms with van der Waals surface area (Å²) in [5, 5.41) is 25.0. The van der Waals surface area contributed by atoms with Gasteiger partial charge in [0.1, 0.15) is 18.1 Å². The molecule has 39 heavy (non-hydrogen) atoms. The zero-order chi connectivity index (χ0) is 28.7. The Balaban J connectivity index is 1.90. The van der Waals surface area contributed by atoms with Gasteiger partial charge in [0.15, 0.2) is 11.5 Å². The van der Waals surface area contributed by atoms with E-state index in [1.807, 2.05) is 23.1 Å². The van der Waals surface area contributed by atoms with Crippen LogP contribution < -0.4 is 21.3 Å². The molecule has 0 unspecified atom stereocenters. The van der Waals surface area contributed by atoms with Crippen LogP contribution in [-0.2, 0) is 27.5 Å². The lowest BCUT2D eigenvalue weighted by Crippen LogP contribution is -2.58. The third-order valence-electron chi connectivity index (χ3n) is 6.24. The maximum atomic E-state index is 13.0. The second-order valence-corrected chi connectivity index (χ2v) is 10.4. The van der Waals surface area contributed by atoms with E-state index in [0.717, 1.165) is 5.56 Å². The molecule has 0 fully saturated rings. The van der Waals surface area contributed by atoms with Gasteiger partial charge in [-0.15, -0.1) is 0 Å². The van der Waals surface area contributed by atoms with Crippen LogP contribution in [-0.4, -0.2) is 76.1 Å². The average molecular weight is 563 g/mol. The predicted octanol–water partition coefficient (Wildman–Crippen LogP) is 0.585.